The molecule has 2 aliphatic heterocycles. The van der Waals surface area contributed by atoms with Gasteiger partial charge in [-0.25, -0.2) is 0 Å². The van der Waals surface area contributed by atoms with E-state index in [0.29, 0.717) is 17.3 Å². The molecule has 0 saturated carbocycles. The maximum absolute atomic E-state index is 3.74. The van der Waals surface area contributed by atoms with Crippen LogP contribution in [-0.4, -0.2) is 18.0 Å². The first-order valence-corrected chi connectivity index (χ1v) is 8.91. The van der Waals surface area contributed by atoms with Crippen molar-refractivity contribution in [2.45, 2.75) is 37.6 Å². The molecule has 2 nitrogen and oxygen atoms in total. The van der Waals surface area contributed by atoms with Gasteiger partial charge in [0.15, 0.2) is 0 Å². The van der Waals surface area contributed by atoms with Gasteiger partial charge < -0.3 is 10.6 Å². The molecule has 0 bridgehead atoms. The molecule has 1 fully saturated rings. The summed E-state index contributed by atoms with van der Waals surface area (Å²) in [6.45, 7) is 3.46. The number of thioether (sulfide) groups is 1. The summed E-state index contributed by atoms with van der Waals surface area (Å²) in [6, 6.07) is 7.34. The molecule has 1 aromatic carbocycles. The minimum absolute atomic E-state index is 0.491. The van der Waals surface area contributed by atoms with E-state index in [4.69, 9.17) is 0 Å². The smallest absolute Gasteiger partial charge is 0.0918 e. The van der Waals surface area contributed by atoms with Crippen molar-refractivity contribution in [2.75, 3.05) is 6.54 Å². The van der Waals surface area contributed by atoms with E-state index < -0.39 is 0 Å². The van der Waals surface area contributed by atoms with Crippen LogP contribution in [-0.2, 0) is 6.42 Å². The zero-order valence-electron chi connectivity index (χ0n) is 12.4. The molecule has 0 radical (unpaired) electrons. The van der Waals surface area contributed by atoms with E-state index in [0.717, 1.165) is 6.42 Å². The molecule has 0 spiro atoms. The summed E-state index contributed by atoms with van der Waals surface area (Å²) in [6.07, 6.45) is 8.40. The maximum atomic E-state index is 3.74. The first-order chi connectivity index (χ1) is 10.3. The second-order valence-electron chi connectivity index (χ2n) is 6.35. The van der Waals surface area contributed by atoms with Crippen molar-refractivity contribution in [3.63, 3.8) is 0 Å². The standard InChI is InChI=1S/C18H22N2S/c1-12-7-8-14-13(10-12)4-2-5-15(14)17-11-21-18(20-17)16-6-3-9-19-16/h2,4-5,7-8,11-12,16,18-20H,3,6,9-10H2,1H3. The van der Waals surface area contributed by atoms with Gasteiger partial charge in [0, 0.05) is 17.3 Å². The second kappa shape index (κ2) is 5.54. The van der Waals surface area contributed by atoms with Crippen LogP contribution in [0.15, 0.2) is 29.7 Å². The quantitative estimate of drug-likeness (QED) is 0.872. The van der Waals surface area contributed by atoms with Gasteiger partial charge in [-0.05, 0) is 48.3 Å². The summed E-state index contributed by atoms with van der Waals surface area (Å²) < 4.78 is 0. The van der Waals surface area contributed by atoms with Gasteiger partial charge in [0.1, 0.15) is 0 Å². The summed E-state index contributed by atoms with van der Waals surface area (Å²) in [5.41, 5.74) is 5.56. The Kier molecular flexibility index (Phi) is 3.56. The molecule has 3 aliphatic rings. The molecule has 3 unspecified atom stereocenters. The SMILES string of the molecule is CC1C=Cc2c(cccc2C2=CSC(C3CCCN3)N2)C1. The third-order valence-electron chi connectivity index (χ3n) is 4.71. The molecule has 21 heavy (non-hydrogen) atoms. The van der Waals surface area contributed by atoms with Crippen LogP contribution < -0.4 is 10.6 Å². The highest BCUT2D eigenvalue weighted by Crippen LogP contribution is 2.35. The van der Waals surface area contributed by atoms with Gasteiger partial charge in [-0.3, -0.25) is 0 Å². The Hall–Kier alpha value is -1.19. The van der Waals surface area contributed by atoms with Crippen LogP contribution >= 0.6 is 11.8 Å². The minimum Gasteiger partial charge on any atom is -0.371 e. The second-order valence-corrected chi connectivity index (χ2v) is 7.37. The van der Waals surface area contributed by atoms with Gasteiger partial charge in [-0.1, -0.05) is 37.3 Å². The zero-order chi connectivity index (χ0) is 14.2. The summed E-state index contributed by atoms with van der Waals surface area (Å²) in [4.78, 5) is 0. The van der Waals surface area contributed by atoms with Crippen LogP contribution in [0.25, 0.3) is 11.8 Å². The molecule has 4 rings (SSSR count). The molecular formula is C18H22N2S. The Morgan fingerprint density at radius 1 is 1.29 bits per heavy atom. The van der Waals surface area contributed by atoms with Crippen LogP contribution in [0.1, 0.15) is 36.5 Å². The lowest BCUT2D eigenvalue weighted by molar-refractivity contribution is 0.556. The molecule has 1 aliphatic carbocycles. The number of benzene rings is 1. The molecule has 3 atom stereocenters. The van der Waals surface area contributed by atoms with Gasteiger partial charge in [0.05, 0.1) is 5.37 Å². The average molecular weight is 298 g/mol. The van der Waals surface area contributed by atoms with Gasteiger partial charge in [0.2, 0.25) is 0 Å². The number of fused-ring (bicyclic) bond motifs is 1. The topological polar surface area (TPSA) is 24.1 Å². The summed E-state index contributed by atoms with van der Waals surface area (Å²) >= 11 is 1.93. The van der Waals surface area contributed by atoms with Gasteiger partial charge in [-0.2, -0.15) is 0 Å². The van der Waals surface area contributed by atoms with E-state index in [1.807, 2.05) is 11.8 Å². The highest BCUT2D eigenvalue weighted by molar-refractivity contribution is 8.03. The fourth-order valence-corrected chi connectivity index (χ4v) is 4.66. The fourth-order valence-electron chi connectivity index (χ4n) is 3.57. The number of hydrogen-bond acceptors (Lipinski definition) is 3. The lowest BCUT2D eigenvalue weighted by Gasteiger charge is -2.22. The lowest BCUT2D eigenvalue weighted by Crippen LogP contribution is -2.39. The first-order valence-electron chi connectivity index (χ1n) is 7.97. The monoisotopic (exact) mass is 298 g/mol. The molecule has 110 valence electrons. The Morgan fingerprint density at radius 2 is 2.24 bits per heavy atom. The van der Waals surface area contributed by atoms with Gasteiger partial charge >= 0.3 is 0 Å². The van der Waals surface area contributed by atoms with Crippen molar-refractivity contribution in [3.8, 4) is 0 Å². The van der Waals surface area contributed by atoms with Crippen molar-refractivity contribution in [2.24, 2.45) is 5.92 Å². The molecule has 0 aromatic heterocycles. The number of allylic oxidation sites excluding steroid dienone is 1. The molecule has 3 heteroatoms. The van der Waals surface area contributed by atoms with E-state index in [-0.39, 0.29) is 0 Å². The van der Waals surface area contributed by atoms with E-state index in [2.05, 4.69) is 53.3 Å². The highest BCUT2D eigenvalue weighted by Gasteiger charge is 2.29. The Bertz CT molecular complexity index is 599. The zero-order valence-corrected chi connectivity index (χ0v) is 13.2. The summed E-state index contributed by atoms with van der Waals surface area (Å²) in [5, 5.41) is 10.1. The first kappa shape index (κ1) is 13.5. The number of rotatable bonds is 2. The van der Waals surface area contributed by atoms with E-state index >= 15 is 0 Å². The number of hydrogen-bond donors (Lipinski definition) is 2. The molecule has 2 N–H and O–H groups in total. The Morgan fingerprint density at radius 3 is 3.10 bits per heavy atom. The van der Waals surface area contributed by atoms with Crippen molar-refractivity contribution < 1.29 is 0 Å². The number of nitrogens with one attached hydrogen (secondary N) is 2. The fraction of sp³-hybridized carbons (Fsp3) is 0.444. The lowest BCUT2D eigenvalue weighted by atomic mass is 9.87. The van der Waals surface area contributed by atoms with Gasteiger partial charge in [-0.15, -0.1) is 11.8 Å². The third kappa shape index (κ3) is 2.53. The molecule has 1 aromatic rings. The molecular weight excluding hydrogens is 276 g/mol. The highest BCUT2D eigenvalue weighted by atomic mass is 32.2. The predicted molar refractivity (Wildman–Crippen MR) is 91.9 cm³/mol. The Labute approximate surface area is 131 Å². The van der Waals surface area contributed by atoms with Crippen molar-refractivity contribution in [1.82, 2.24) is 10.6 Å². The van der Waals surface area contributed by atoms with Crippen LogP contribution in [0.5, 0.6) is 0 Å². The Balaban J connectivity index is 1.58. The molecule has 1 saturated heterocycles. The van der Waals surface area contributed by atoms with Crippen LogP contribution in [0.3, 0.4) is 0 Å². The summed E-state index contributed by atoms with van der Waals surface area (Å²) in [5.74, 6) is 0.656. The van der Waals surface area contributed by atoms with Crippen molar-refractivity contribution in [1.29, 1.82) is 0 Å². The van der Waals surface area contributed by atoms with Crippen LogP contribution in [0.2, 0.25) is 0 Å². The van der Waals surface area contributed by atoms with Crippen LogP contribution in [0.4, 0.5) is 0 Å². The van der Waals surface area contributed by atoms with E-state index in [1.165, 1.54) is 41.8 Å². The summed E-state index contributed by atoms with van der Waals surface area (Å²) in [7, 11) is 0. The van der Waals surface area contributed by atoms with Crippen molar-refractivity contribution >= 4 is 23.5 Å². The maximum Gasteiger partial charge on any atom is 0.0918 e. The average Bonchev–Trinajstić information content (AvgIpc) is 3.17. The third-order valence-corrected chi connectivity index (χ3v) is 5.83. The predicted octanol–water partition coefficient (Wildman–Crippen LogP) is 3.60. The normalized spacial score (nSPS) is 30.9. The van der Waals surface area contributed by atoms with E-state index in [1.54, 1.807) is 0 Å². The molecule has 2 heterocycles. The van der Waals surface area contributed by atoms with Crippen LogP contribution in [0, 0.1) is 5.92 Å². The largest absolute Gasteiger partial charge is 0.371 e. The van der Waals surface area contributed by atoms with E-state index in [9.17, 15) is 0 Å². The minimum atomic E-state index is 0.491. The molecule has 0 amide bonds. The van der Waals surface area contributed by atoms with Crippen molar-refractivity contribution in [3.05, 3.63) is 46.4 Å². The van der Waals surface area contributed by atoms with Gasteiger partial charge in [0.25, 0.3) is 0 Å².